The SMILES string of the molecule is CCc1cc(=O)oc2cc(O[C@H](C)C(=O)Nc3cccc(Br)c3)ccc12. The first-order valence-electron chi connectivity index (χ1n) is 8.26. The Morgan fingerprint density at radius 2 is 2.04 bits per heavy atom. The lowest BCUT2D eigenvalue weighted by Gasteiger charge is -2.15. The number of aryl methyl sites for hydroxylation is 1. The van der Waals surface area contributed by atoms with Crippen LogP contribution in [0.25, 0.3) is 11.0 Å². The van der Waals surface area contributed by atoms with Crippen molar-refractivity contribution in [1.82, 2.24) is 0 Å². The van der Waals surface area contributed by atoms with Gasteiger partial charge in [-0.1, -0.05) is 28.9 Å². The summed E-state index contributed by atoms with van der Waals surface area (Å²) in [5.41, 5.74) is 1.65. The second-order valence-corrected chi connectivity index (χ2v) is 6.78. The lowest BCUT2D eigenvalue weighted by atomic mass is 10.1. The Morgan fingerprint density at radius 3 is 2.77 bits per heavy atom. The van der Waals surface area contributed by atoms with Crippen molar-refractivity contribution in [2.45, 2.75) is 26.4 Å². The van der Waals surface area contributed by atoms with Crippen LogP contribution in [0.4, 0.5) is 5.69 Å². The number of benzene rings is 2. The molecule has 3 rings (SSSR count). The van der Waals surface area contributed by atoms with Crippen LogP contribution in [0.5, 0.6) is 5.75 Å². The zero-order valence-electron chi connectivity index (χ0n) is 14.4. The molecule has 1 atom stereocenters. The molecular formula is C20H18BrNO4. The van der Waals surface area contributed by atoms with Crippen LogP contribution in [0, 0.1) is 0 Å². The van der Waals surface area contributed by atoms with E-state index >= 15 is 0 Å². The van der Waals surface area contributed by atoms with Crippen LogP contribution in [-0.2, 0) is 11.2 Å². The summed E-state index contributed by atoms with van der Waals surface area (Å²) in [5, 5.41) is 3.67. The lowest BCUT2D eigenvalue weighted by Crippen LogP contribution is -2.30. The molecule has 26 heavy (non-hydrogen) atoms. The van der Waals surface area contributed by atoms with E-state index in [2.05, 4.69) is 21.2 Å². The summed E-state index contributed by atoms with van der Waals surface area (Å²) in [7, 11) is 0. The van der Waals surface area contributed by atoms with E-state index in [-0.39, 0.29) is 5.91 Å². The maximum Gasteiger partial charge on any atom is 0.336 e. The molecule has 5 nitrogen and oxygen atoms in total. The fourth-order valence-corrected chi connectivity index (χ4v) is 3.04. The predicted octanol–water partition coefficient (Wildman–Crippen LogP) is 4.52. The summed E-state index contributed by atoms with van der Waals surface area (Å²) in [5.74, 6) is 0.192. The van der Waals surface area contributed by atoms with Gasteiger partial charge in [0, 0.05) is 27.7 Å². The van der Waals surface area contributed by atoms with Crippen molar-refractivity contribution in [2.75, 3.05) is 5.32 Å². The molecule has 0 fully saturated rings. The molecule has 0 spiro atoms. The molecule has 0 bridgehead atoms. The van der Waals surface area contributed by atoms with Crippen molar-refractivity contribution in [2.24, 2.45) is 0 Å². The van der Waals surface area contributed by atoms with Crippen LogP contribution in [0.1, 0.15) is 19.4 Å². The summed E-state index contributed by atoms with van der Waals surface area (Å²) in [6, 6.07) is 14.1. The molecule has 6 heteroatoms. The molecule has 1 aromatic heterocycles. The highest BCUT2D eigenvalue weighted by molar-refractivity contribution is 9.10. The summed E-state index contributed by atoms with van der Waals surface area (Å²) in [6.45, 7) is 3.64. The minimum Gasteiger partial charge on any atom is -0.481 e. The van der Waals surface area contributed by atoms with Crippen LogP contribution in [0.15, 0.2) is 62.2 Å². The second-order valence-electron chi connectivity index (χ2n) is 5.86. The average molecular weight is 416 g/mol. The zero-order chi connectivity index (χ0) is 18.7. The summed E-state index contributed by atoms with van der Waals surface area (Å²) in [6.07, 6.45) is 0.0146. The highest BCUT2D eigenvalue weighted by Crippen LogP contribution is 2.24. The van der Waals surface area contributed by atoms with Gasteiger partial charge >= 0.3 is 5.63 Å². The van der Waals surface area contributed by atoms with Gasteiger partial charge in [-0.05, 0) is 49.2 Å². The van der Waals surface area contributed by atoms with Gasteiger partial charge < -0.3 is 14.5 Å². The summed E-state index contributed by atoms with van der Waals surface area (Å²) in [4.78, 5) is 24.0. The number of fused-ring (bicyclic) bond motifs is 1. The number of nitrogens with one attached hydrogen (secondary N) is 1. The number of carbonyl (C=O) groups excluding carboxylic acids is 1. The van der Waals surface area contributed by atoms with Gasteiger partial charge in [0.15, 0.2) is 6.10 Å². The fourth-order valence-electron chi connectivity index (χ4n) is 2.64. The molecule has 0 unspecified atom stereocenters. The Hall–Kier alpha value is -2.60. The van der Waals surface area contributed by atoms with Gasteiger partial charge in [-0.25, -0.2) is 4.79 Å². The van der Waals surface area contributed by atoms with Gasteiger partial charge in [0.1, 0.15) is 11.3 Å². The molecular weight excluding hydrogens is 398 g/mol. The topological polar surface area (TPSA) is 68.5 Å². The molecule has 0 radical (unpaired) electrons. The van der Waals surface area contributed by atoms with Crippen molar-refractivity contribution in [3.63, 3.8) is 0 Å². The highest BCUT2D eigenvalue weighted by Gasteiger charge is 2.16. The predicted molar refractivity (Wildman–Crippen MR) is 105 cm³/mol. The van der Waals surface area contributed by atoms with Gasteiger partial charge in [0.25, 0.3) is 5.91 Å². The van der Waals surface area contributed by atoms with Gasteiger partial charge in [0.2, 0.25) is 0 Å². The number of anilines is 1. The highest BCUT2D eigenvalue weighted by atomic mass is 79.9. The van der Waals surface area contributed by atoms with Crippen LogP contribution < -0.4 is 15.7 Å². The molecule has 0 aliphatic heterocycles. The van der Waals surface area contributed by atoms with Gasteiger partial charge in [-0.2, -0.15) is 0 Å². The molecule has 0 aliphatic rings. The molecule has 0 saturated heterocycles. The van der Waals surface area contributed by atoms with Gasteiger partial charge in [0.05, 0.1) is 0 Å². The van der Waals surface area contributed by atoms with Crippen LogP contribution in [-0.4, -0.2) is 12.0 Å². The van der Waals surface area contributed by atoms with E-state index in [1.54, 1.807) is 25.1 Å². The number of carbonyl (C=O) groups is 1. The molecule has 3 aromatic rings. The maximum atomic E-state index is 12.3. The summed E-state index contributed by atoms with van der Waals surface area (Å²) < 4.78 is 11.8. The first kappa shape index (κ1) is 18.2. The fraction of sp³-hybridized carbons (Fsp3) is 0.200. The van der Waals surface area contributed by atoms with Gasteiger partial charge in [-0.15, -0.1) is 0 Å². The minimum absolute atomic E-state index is 0.271. The largest absolute Gasteiger partial charge is 0.481 e. The molecule has 0 saturated carbocycles. The summed E-state index contributed by atoms with van der Waals surface area (Å²) >= 11 is 3.36. The average Bonchev–Trinajstić information content (AvgIpc) is 2.60. The standard InChI is InChI=1S/C20H18BrNO4/c1-3-13-9-19(23)26-18-11-16(7-8-17(13)18)25-12(2)20(24)22-15-6-4-5-14(21)10-15/h4-12H,3H2,1-2H3,(H,22,24)/t12-/m1/s1. The number of hydrogen-bond acceptors (Lipinski definition) is 4. The van der Waals surface area contributed by atoms with Crippen molar-refractivity contribution < 1.29 is 13.9 Å². The van der Waals surface area contributed by atoms with Crippen molar-refractivity contribution in [1.29, 1.82) is 0 Å². The third-order valence-corrected chi connectivity index (χ3v) is 4.45. The molecule has 1 N–H and O–H groups in total. The van der Waals surface area contributed by atoms with E-state index in [4.69, 9.17) is 9.15 Å². The third-order valence-electron chi connectivity index (χ3n) is 3.96. The Morgan fingerprint density at radius 1 is 1.23 bits per heavy atom. The minimum atomic E-state index is -0.715. The third kappa shape index (κ3) is 4.14. The second kappa shape index (κ2) is 7.74. The van der Waals surface area contributed by atoms with Crippen LogP contribution in [0.3, 0.4) is 0 Å². The van der Waals surface area contributed by atoms with E-state index in [1.807, 2.05) is 31.2 Å². The van der Waals surface area contributed by atoms with E-state index < -0.39 is 11.7 Å². The first-order chi connectivity index (χ1) is 12.5. The molecule has 0 aliphatic carbocycles. The molecule has 1 amide bonds. The number of hydrogen-bond donors (Lipinski definition) is 1. The quantitative estimate of drug-likeness (QED) is 0.621. The molecule has 134 valence electrons. The van der Waals surface area contributed by atoms with E-state index in [1.165, 1.54) is 6.07 Å². The first-order valence-corrected chi connectivity index (χ1v) is 9.05. The van der Waals surface area contributed by atoms with E-state index in [9.17, 15) is 9.59 Å². The Balaban J connectivity index is 1.77. The Labute approximate surface area is 159 Å². The number of amides is 1. The van der Waals surface area contributed by atoms with E-state index in [0.29, 0.717) is 17.0 Å². The lowest BCUT2D eigenvalue weighted by molar-refractivity contribution is -0.122. The van der Waals surface area contributed by atoms with Crippen LogP contribution >= 0.6 is 15.9 Å². The normalized spacial score (nSPS) is 12.0. The van der Waals surface area contributed by atoms with Crippen molar-refractivity contribution in [3.05, 3.63) is 69.0 Å². The Bertz CT molecular complexity index is 1010. The van der Waals surface area contributed by atoms with Gasteiger partial charge in [-0.3, -0.25) is 4.79 Å². The smallest absolute Gasteiger partial charge is 0.336 e. The Kier molecular flexibility index (Phi) is 5.42. The van der Waals surface area contributed by atoms with E-state index in [0.717, 1.165) is 21.8 Å². The molecule has 2 aromatic carbocycles. The van der Waals surface area contributed by atoms with Crippen molar-refractivity contribution in [3.8, 4) is 5.75 Å². The van der Waals surface area contributed by atoms with Crippen LogP contribution in [0.2, 0.25) is 0 Å². The monoisotopic (exact) mass is 415 g/mol. The zero-order valence-corrected chi connectivity index (χ0v) is 16.0. The maximum absolute atomic E-state index is 12.3. The van der Waals surface area contributed by atoms with Crippen molar-refractivity contribution >= 4 is 38.5 Å². The number of rotatable bonds is 5. The molecule has 1 heterocycles. The number of ether oxygens (including phenoxy) is 1. The number of halogens is 1.